The van der Waals surface area contributed by atoms with Crippen LogP contribution in [0.25, 0.3) is 11.3 Å². The number of aromatic nitrogens is 1. The van der Waals surface area contributed by atoms with E-state index in [1.807, 2.05) is 0 Å². The number of carbonyl (C=O) groups excluding carboxylic acids is 1. The monoisotopic (exact) mass is 602 g/mol. The first-order chi connectivity index (χ1) is 18.7. The summed E-state index contributed by atoms with van der Waals surface area (Å²) in [6.07, 6.45) is 0. The van der Waals surface area contributed by atoms with Gasteiger partial charge in [0.25, 0.3) is 15.7 Å². The first-order valence-corrected chi connectivity index (χ1v) is 15.1. The number of ether oxygens (including phenoxy) is 1. The normalized spacial score (nSPS) is 15.4. The van der Waals surface area contributed by atoms with Crippen molar-refractivity contribution in [2.75, 3.05) is 22.5 Å². The third-order valence-electron chi connectivity index (χ3n) is 5.87. The van der Waals surface area contributed by atoms with Gasteiger partial charge in [-0.1, -0.05) is 35.9 Å². The van der Waals surface area contributed by atoms with Crippen molar-refractivity contribution in [1.29, 1.82) is 0 Å². The molecule has 1 aliphatic rings. The zero-order valence-electron chi connectivity index (χ0n) is 20.1. The summed E-state index contributed by atoms with van der Waals surface area (Å²) in [7, 11) is -2.54. The van der Waals surface area contributed by atoms with Crippen LogP contribution >= 0.6 is 34.7 Å². The number of hydrogen-bond donors (Lipinski definition) is 1. The molecule has 1 atom stereocenters. The molecule has 10 nitrogen and oxygen atoms in total. The maximum atomic E-state index is 12.8. The van der Waals surface area contributed by atoms with Gasteiger partial charge in [-0.3, -0.25) is 24.5 Å². The number of para-hydroxylation sites is 1. The van der Waals surface area contributed by atoms with Gasteiger partial charge in [-0.2, -0.15) is 0 Å². The minimum atomic E-state index is -3.93. The van der Waals surface area contributed by atoms with Gasteiger partial charge in [-0.25, -0.2) is 13.4 Å². The van der Waals surface area contributed by atoms with Crippen molar-refractivity contribution in [3.8, 4) is 17.0 Å². The second-order valence-corrected chi connectivity index (χ2v) is 12.2. The van der Waals surface area contributed by atoms with Gasteiger partial charge in [0, 0.05) is 28.8 Å². The number of thiazole rings is 1. The van der Waals surface area contributed by atoms with Gasteiger partial charge >= 0.3 is 0 Å². The summed E-state index contributed by atoms with van der Waals surface area (Å²) < 4.78 is 33.2. The highest BCUT2D eigenvalue weighted by molar-refractivity contribution is 8.00. The average Bonchev–Trinajstić information content (AvgIpc) is 3.55. The smallest absolute Gasteiger partial charge is 0.275 e. The highest BCUT2D eigenvalue weighted by atomic mass is 35.5. The van der Waals surface area contributed by atoms with Crippen LogP contribution in [0.1, 0.15) is 10.9 Å². The fraction of sp³-hybridized carbons (Fsp3) is 0.120. The van der Waals surface area contributed by atoms with E-state index in [0.29, 0.717) is 27.5 Å². The molecule has 0 saturated carbocycles. The summed E-state index contributed by atoms with van der Waals surface area (Å²) in [5, 5.41) is 13.2. The van der Waals surface area contributed by atoms with E-state index in [4.69, 9.17) is 16.3 Å². The Hall–Kier alpha value is -3.65. The lowest BCUT2D eigenvalue weighted by Crippen LogP contribution is -2.28. The second-order valence-electron chi connectivity index (χ2n) is 8.23. The molecule has 14 heteroatoms. The Labute approximate surface area is 236 Å². The Morgan fingerprint density at radius 3 is 2.62 bits per heavy atom. The number of carbonyl (C=O) groups is 1. The van der Waals surface area contributed by atoms with Gasteiger partial charge in [0.15, 0.2) is 5.13 Å². The van der Waals surface area contributed by atoms with E-state index in [0.717, 1.165) is 11.3 Å². The Balaban J connectivity index is 1.36. The number of amides is 1. The first-order valence-electron chi connectivity index (χ1n) is 11.3. The van der Waals surface area contributed by atoms with E-state index >= 15 is 0 Å². The molecule has 1 amide bonds. The van der Waals surface area contributed by atoms with Gasteiger partial charge in [0.2, 0.25) is 5.91 Å². The molecule has 0 spiro atoms. The maximum absolute atomic E-state index is 12.8. The number of methoxy groups -OCH3 is 1. The minimum Gasteiger partial charge on any atom is -0.495 e. The molecule has 200 valence electrons. The van der Waals surface area contributed by atoms with Crippen LogP contribution < -0.4 is 14.4 Å². The van der Waals surface area contributed by atoms with Crippen LogP contribution in [0, 0.1) is 10.1 Å². The van der Waals surface area contributed by atoms with E-state index in [2.05, 4.69) is 9.71 Å². The number of nitrogens with one attached hydrogen (secondary N) is 1. The lowest BCUT2D eigenvalue weighted by atomic mass is 10.1. The van der Waals surface area contributed by atoms with E-state index in [-0.39, 0.29) is 33.1 Å². The minimum absolute atomic E-state index is 0.0220. The van der Waals surface area contributed by atoms with Crippen molar-refractivity contribution in [2.24, 2.45) is 0 Å². The quantitative estimate of drug-likeness (QED) is 0.193. The molecular weight excluding hydrogens is 584 g/mol. The molecule has 3 aromatic carbocycles. The third-order valence-corrected chi connectivity index (χ3v) is 9.60. The third kappa shape index (κ3) is 5.43. The van der Waals surface area contributed by atoms with Gasteiger partial charge < -0.3 is 4.74 Å². The van der Waals surface area contributed by atoms with Crippen molar-refractivity contribution >= 4 is 67.1 Å². The predicted octanol–water partition coefficient (Wildman–Crippen LogP) is 5.96. The average molecular weight is 603 g/mol. The van der Waals surface area contributed by atoms with Crippen LogP contribution in [0.2, 0.25) is 5.02 Å². The number of halogens is 1. The SMILES string of the molecule is COc1cc(S(=O)(=O)Nc2nc(-c3ccc(N4C(=O)CSC4c4ccccc4[N+](=O)[O-])cc3)cs2)ccc1Cl. The van der Waals surface area contributed by atoms with E-state index in [1.54, 1.807) is 52.7 Å². The van der Waals surface area contributed by atoms with Crippen LogP contribution in [0.15, 0.2) is 77.0 Å². The molecular formula is C25H19ClN4O6S3. The number of sulfonamides is 1. The molecule has 0 bridgehead atoms. The number of anilines is 2. The van der Waals surface area contributed by atoms with Crippen molar-refractivity contribution in [3.05, 3.63) is 92.8 Å². The van der Waals surface area contributed by atoms with Gasteiger partial charge in [-0.05, 0) is 30.3 Å². The van der Waals surface area contributed by atoms with Gasteiger partial charge in [0.1, 0.15) is 11.1 Å². The van der Waals surface area contributed by atoms with Crippen molar-refractivity contribution in [2.45, 2.75) is 10.3 Å². The molecule has 0 radical (unpaired) electrons. The van der Waals surface area contributed by atoms with Crippen molar-refractivity contribution in [1.82, 2.24) is 4.98 Å². The predicted molar refractivity (Wildman–Crippen MR) is 152 cm³/mol. The fourth-order valence-corrected chi connectivity index (χ4v) is 7.41. The van der Waals surface area contributed by atoms with E-state index < -0.39 is 20.3 Å². The summed E-state index contributed by atoms with van der Waals surface area (Å²) in [6, 6.07) is 17.5. The Morgan fingerprint density at radius 1 is 1.15 bits per heavy atom. The molecule has 1 aliphatic heterocycles. The fourth-order valence-electron chi connectivity index (χ4n) is 4.02. The van der Waals surface area contributed by atoms with Crippen LogP contribution in [-0.4, -0.2) is 37.1 Å². The number of benzene rings is 3. The highest BCUT2D eigenvalue weighted by Crippen LogP contribution is 2.45. The molecule has 1 fully saturated rings. The molecule has 5 rings (SSSR count). The van der Waals surface area contributed by atoms with Crippen LogP contribution in [-0.2, 0) is 14.8 Å². The summed E-state index contributed by atoms with van der Waals surface area (Å²) in [4.78, 5) is 29.8. The molecule has 1 N–H and O–H groups in total. The topological polar surface area (TPSA) is 132 Å². The van der Waals surface area contributed by atoms with Gasteiger partial charge in [-0.15, -0.1) is 23.1 Å². The Bertz CT molecular complexity index is 1680. The van der Waals surface area contributed by atoms with Crippen LogP contribution in [0.4, 0.5) is 16.5 Å². The molecule has 1 aromatic heterocycles. The Morgan fingerprint density at radius 2 is 1.90 bits per heavy atom. The molecule has 2 heterocycles. The molecule has 4 aromatic rings. The lowest BCUT2D eigenvalue weighted by Gasteiger charge is -2.24. The molecule has 0 aliphatic carbocycles. The van der Waals surface area contributed by atoms with Crippen molar-refractivity contribution < 1.29 is 22.9 Å². The largest absolute Gasteiger partial charge is 0.495 e. The number of thioether (sulfide) groups is 1. The van der Waals surface area contributed by atoms with Gasteiger partial charge in [0.05, 0.1) is 39.0 Å². The summed E-state index contributed by atoms with van der Waals surface area (Å²) in [5.74, 6) is 0.284. The second kappa shape index (κ2) is 10.8. The molecule has 1 unspecified atom stereocenters. The van der Waals surface area contributed by atoms with Crippen LogP contribution in [0.3, 0.4) is 0 Å². The summed E-state index contributed by atoms with van der Waals surface area (Å²) in [5.41, 5.74) is 2.24. The van der Waals surface area contributed by atoms with Crippen LogP contribution in [0.5, 0.6) is 5.75 Å². The number of nitro groups is 1. The summed E-state index contributed by atoms with van der Waals surface area (Å²) >= 11 is 8.45. The number of nitrogens with zero attached hydrogens (tertiary/aromatic N) is 3. The van der Waals surface area contributed by atoms with E-state index in [1.165, 1.54) is 43.1 Å². The first kappa shape index (κ1) is 26.9. The summed E-state index contributed by atoms with van der Waals surface area (Å²) in [6.45, 7) is 0. The number of nitro benzene ring substituents is 1. The zero-order valence-corrected chi connectivity index (χ0v) is 23.3. The van der Waals surface area contributed by atoms with E-state index in [9.17, 15) is 23.3 Å². The van der Waals surface area contributed by atoms with Crippen molar-refractivity contribution in [3.63, 3.8) is 0 Å². The number of rotatable bonds is 8. The lowest BCUT2D eigenvalue weighted by molar-refractivity contribution is -0.385. The highest BCUT2D eigenvalue weighted by Gasteiger charge is 2.37. The number of hydrogen-bond acceptors (Lipinski definition) is 9. The Kier molecular flexibility index (Phi) is 7.49. The standard InChI is InChI=1S/C25H19ClN4O6S3/c1-36-22-12-17(10-11-19(22)26)39(34,35)28-25-27-20(13-38-25)15-6-8-16(9-7-15)29-23(31)14-37-24(29)18-4-2-3-5-21(18)30(32)33/h2-13,24H,14H2,1H3,(H,27,28). The zero-order chi connectivity index (χ0) is 27.7. The molecule has 39 heavy (non-hydrogen) atoms. The maximum Gasteiger partial charge on any atom is 0.275 e. The molecule has 1 saturated heterocycles.